The number of carbonyl (C=O) groups is 2. The Morgan fingerprint density at radius 3 is 2.40 bits per heavy atom. The van der Waals surface area contributed by atoms with Crippen LogP contribution in [0.3, 0.4) is 0 Å². The van der Waals surface area contributed by atoms with Crippen LogP contribution < -0.4 is 5.32 Å². The molecule has 0 aliphatic rings. The standard InChI is InChI=1S/C25H18N6O3S/c32-22(15-34-25(33)20-16-35-24(28-20)23-26-12-7-13-27-23)29-21-14-19(17-8-3-1-4-9-17)30-31(21)18-10-5-2-6-11-18/h1-14,16H,15H2,(H,29,32). The van der Waals surface area contributed by atoms with Gasteiger partial charge in [0.15, 0.2) is 23.1 Å². The highest BCUT2D eigenvalue weighted by Crippen LogP contribution is 2.25. The topological polar surface area (TPSA) is 112 Å². The molecule has 0 saturated carbocycles. The Morgan fingerprint density at radius 2 is 1.66 bits per heavy atom. The third-order valence-electron chi connectivity index (χ3n) is 4.85. The van der Waals surface area contributed by atoms with Crippen LogP contribution in [0.15, 0.2) is 90.6 Å². The smallest absolute Gasteiger partial charge is 0.358 e. The average molecular weight is 483 g/mol. The van der Waals surface area contributed by atoms with Gasteiger partial charge >= 0.3 is 5.97 Å². The molecule has 1 N–H and O–H groups in total. The first-order chi connectivity index (χ1) is 17.2. The molecule has 0 radical (unpaired) electrons. The van der Waals surface area contributed by atoms with E-state index in [-0.39, 0.29) is 5.69 Å². The van der Waals surface area contributed by atoms with Crippen LogP contribution in [0, 0.1) is 0 Å². The molecule has 10 heteroatoms. The molecule has 0 spiro atoms. The fraction of sp³-hybridized carbons (Fsp3) is 0.0400. The Balaban J connectivity index is 1.29. The second-order valence-corrected chi connectivity index (χ2v) is 8.12. The number of ether oxygens (including phenoxy) is 1. The summed E-state index contributed by atoms with van der Waals surface area (Å²) in [5.74, 6) is -0.344. The fourth-order valence-corrected chi connectivity index (χ4v) is 3.98. The first kappa shape index (κ1) is 22.1. The van der Waals surface area contributed by atoms with E-state index in [0.29, 0.717) is 22.3 Å². The van der Waals surface area contributed by atoms with E-state index in [0.717, 1.165) is 11.3 Å². The third-order valence-corrected chi connectivity index (χ3v) is 5.69. The fourth-order valence-electron chi connectivity index (χ4n) is 3.25. The van der Waals surface area contributed by atoms with E-state index >= 15 is 0 Å². The van der Waals surface area contributed by atoms with E-state index in [1.807, 2.05) is 60.7 Å². The van der Waals surface area contributed by atoms with Crippen molar-refractivity contribution in [3.63, 3.8) is 0 Å². The molecule has 5 aromatic rings. The molecular weight excluding hydrogens is 464 g/mol. The quantitative estimate of drug-likeness (QED) is 0.345. The zero-order chi connectivity index (χ0) is 24.0. The molecule has 0 aliphatic heterocycles. The predicted molar refractivity (Wildman–Crippen MR) is 131 cm³/mol. The van der Waals surface area contributed by atoms with E-state index in [2.05, 4.69) is 25.4 Å². The maximum absolute atomic E-state index is 12.6. The highest BCUT2D eigenvalue weighted by molar-refractivity contribution is 7.13. The van der Waals surface area contributed by atoms with E-state index < -0.39 is 18.5 Å². The SMILES string of the molecule is O=C(COC(=O)c1csc(-c2ncccn2)n1)Nc1cc(-c2ccccc2)nn1-c1ccccc1. The summed E-state index contributed by atoms with van der Waals surface area (Å²) in [5.41, 5.74) is 2.47. The minimum atomic E-state index is -0.708. The molecule has 0 atom stereocenters. The van der Waals surface area contributed by atoms with Gasteiger partial charge < -0.3 is 10.1 Å². The van der Waals surface area contributed by atoms with Gasteiger partial charge in [-0.3, -0.25) is 4.79 Å². The summed E-state index contributed by atoms with van der Waals surface area (Å²) in [6.07, 6.45) is 3.19. The van der Waals surface area contributed by atoms with Gasteiger partial charge in [0, 0.05) is 29.4 Å². The Labute approximate surface area is 204 Å². The van der Waals surface area contributed by atoms with E-state index in [1.165, 1.54) is 11.3 Å². The van der Waals surface area contributed by atoms with E-state index in [9.17, 15) is 9.59 Å². The van der Waals surface area contributed by atoms with Crippen LogP contribution in [0.4, 0.5) is 5.82 Å². The summed E-state index contributed by atoms with van der Waals surface area (Å²) in [6.45, 7) is -0.478. The molecule has 0 bridgehead atoms. The van der Waals surface area contributed by atoms with Gasteiger partial charge in [-0.05, 0) is 18.2 Å². The zero-order valence-corrected chi connectivity index (χ0v) is 19.1. The summed E-state index contributed by atoms with van der Waals surface area (Å²) >= 11 is 1.22. The van der Waals surface area contributed by atoms with Gasteiger partial charge in [-0.15, -0.1) is 11.3 Å². The van der Waals surface area contributed by atoms with Crippen molar-refractivity contribution in [1.82, 2.24) is 24.7 Å². The highest BCUT2D eigenvalue weighted by Gasteiger charge is 2.18. The summed E-state index contributed by atoms with van der Waals surface area (Å²) < 4.78 is 6.80. The Hall–Kier alpha value is -4.70. The Kier molecular flexibility index (Phi) is 6.35. The molecule has 0 fully saturated rings. The molecule has 9 nitrogen and oxygen atoms in total. The van der Waals surface area contributed by atoms with Crippen molar-refractivity contribution in [3.8, 4) is 27.8 Å². The number of anilines is 1. The van der Waals surface area contributed by atoms with Gasteiger partial charge in [-0.1, -0.05) is 48.5 Å². The molecule has 2 aromatic carbocycles. The number of esters is 1. The normalized spacial score (nSPS) is 10.6. The average Bonchev–Trinajstić information content (AvgIpc) is 3.57. The lowest BCUT2D eigenvalue weighted by atomic mass is 10.2. The first-order valence-electron chi connectivity index (χ1n) is 10.6. The minimum Gasteiger partial charge on any atom is -0.451 e. The molecule has 0 unspecified atom stereocenters. The molecule has 3 aromatic heterocycles. The molecular formula is C25H18N6O3S. The number of aromatic nitrogens is 5. The highest BCUT2D eigenvalue weighted by atomic mass is 32.1. The van der Waals surface area contributed by atoms with Gasteiger partial charge in [0.1, 0.15) is 5.82 Å². The molecule has 172 valence electrons. The Bertz CT molecular complexity index is 1450. The van der Waals surface area contributed by atoms with Gasteiger partial charge in [-0.25, -0.2) is 24.4 Å². The van der Waals surface area contributed by atoms with Crippen LogP contribution in [0.2, 0.25) is 0 Å². The monoisotopic (exact) mass is 482 g/mol. The number of para-hydroxylation sites is 1. The summed E-state index contributed by atoms with van der Waals surface area (Å²) in [6, 6.07) is 22.5. The maximum atomic E-state index is 12.6. The van der Waals surface area contributed by atoms with Gasteiger partial charge in [0.05, 0.1) is 11.4 Å². The molecule has 35 heavy (non-hydrogen) atoms. The molecule has 1 amide bonds. The lowest BCUT2D eigenvalue weighted by molar-refractivity contribution is -0.119. The number of thiazole rings is 1. The zero-order valence-electron chi connectivity index (χ0n) is 18.2. The lowest BCUT2D eigenvalue weighted by Gasteiger charge is -2.09. The van der Waals surface area contributed by atoms with Crippen molar-refractivity contribution in [2.24, 2.45) is 0 Å². The minimum absolute atomic E-state index is 0.0888. The second-order valence-electron chi connectivity index (χ2n) is 7.26. The number of hydrogen-bond donors (Lipinski definition) is 1. The first-order valence-corrected chi connectivity index (χ1v) is 11.5. The lowest BCUT2D eigenvalue weighted by Crippen LogP contribution is -2.22. The number of nitrogens with one attached hydrogen (secondary N) is 1. The van der Waals surface area contributed by atoms with Crippen molar-refractivity contribution in [3.05, 3.63) is 96.3 Å². The van der Waals surface area contributed by atoms with Crippen molar-refractivity contribution < 1.29 is 14.3 Å². The third kappa shape index (κ3) is 5.12. The molecule has 5 rings (SSSR count). The van der Waals surface area contributed by atoms with Crippen molar-refractivity contribution in [1.29, 1.82) is 0 Å². The largest absolute Gasteiger partial charge is 0.451 e. The maximum Gasteiger partial charge on any atom is 0.358 e. The van der Waals surface area contributed by atoms with Crippen LogP contribution in [-0.4, -0.2) is 43.2 Å². The molecule has 0 aliphatic carbocycles. The van der Waals surface area contributed by atoms with Crippen molar-refractivity contribution in [2.75, 3.05) is 11.9 Å². The van der Waals surface area contributed by atoms with Crippen molar-refractivity contribution in [2.45, 2.75) is 0 Å². The number of hydrogen-bond acceptors (Lipinski definition) is 8. The van der Waals surface area contributed by atoms with Gasteiger partial charge in [0.2, 0.25) is 0 Å². The molecule has 0 saturated heterocycles. The van der Waals surface area contributed by atoms with E-state index in [1.54, 1.807) is 34.6 Å². The van der Waals surface area contributed by atoms with E-state index in [4.69, 9.17) is 4.74 Å². The second kappa shape index (κ2) is 10.1. The van der Waals surface area contributed by atoms with Gasteiger partial charge in [-0.2, -0.15) is 5.10 Å². The van der Waals surface area contributed by atoms with Gasteiger partial charge in [0.25, 0.3) is 5.91 Å². The summed E-state index contributed by atoms with van der Waals surface area (Å²) in [7, 11) is 0. The van der Waals surface area contributed by atoms with Crippen LogP contribution in [-0.2, 0) is 9.53 Å². The molecule has 3 heterocycles. The summed E-state index contributed by atoms with van der Waals surface area (Å²) in [5, 5.41) is 9.47. The Morgan fingerprint density at radius 1 is 0.943 bits per heavy atom. The van der Waals surface area contributed by atoms with Crippen LogP contribution >= 0.6 is 11.3 Å². The van der Waals surface area contributed by atoms with Crippen LogP contribution in [0.1, 0.15) is 10.5 Å². The predicted octanol–water partition coefficient (Wildman–Crippen LogP) is 4.25. The van der Waals surface area contributed by atoms with Crippen molar-refractivity contribution >= 4 is 29.0 Å². The summed E-state index contributed by atoms with van der Waals surface area (Å²) in [4.78, 5) is 37.5. The van der Waals surface area contributed by atoms with Crippen LogP contribution in [0.25, 0.3) is 27.8 Å². The van der Waals surface area contributed by atoms with Crippen LogP contribution in [0.5, 0.6) is 0 Å². The number of nitrogens with zero attached hydrogens (tertiary/aromatic N) is 5. The number of benzene rings is 2. The number of carbonyl (C=O) groups excluding carboxylic acids is 2. The number of amides is 1. The number of rotatable bonds is 7.